The Morgan fingerprint density at radius 2 is 0.661 bits per heavy atom. The van der Waals surface area contributed by atoms with Gasteiger partial charge in [-0.25, -0.2) is 0 Å². The summed E-state index contributed by atoms with van der Waals surface area (Å²) in [5.74, 6) is -0.893. The number of carbonyl (C=O) groups excluding carboxylic acids is 4. The van der Waals surface area contributed by atoms with Gasteiger partial charge in [0.05, 0.1) is 0 Å². The molecule has 1 unspecified atom stereocenters. The van der Waals surface area contributed by atoms with E-state index < -0.39 is 0 Å². The van der Waals surface area contributed by atoms with Crippen molar-refractivity contribution >= 4 is 99.0 Å². The summed E-state index contributed by atoms with van der Waals surface area (Å²) in [5, 5.41) is 14.0. The Hall–Kier alpha value is -5.62. The molecule has 4 amide bonds. The van der Waals surface area contributed by atoms with Crippen molar-refractivity contribution in [3.05, 3.63) is 95.1 Å². The summed E-state index contributed by atoms with van der Waals surface area (Å²) < 4.78 is 0. The number of hydrogen-bond acceptors (Lipinski definition) is 4. The van der Waals surface area contributed by atoms with E-state index in [9.17, 15) is 19.2 Å². The number of imide groups is 2. The molecule has 10 rings (SSSR count). The minimum absolute atomic E-state index is 0.175. The first-order valence-corrected chi connectivity index (χ1v) is 20.8. The van der Waals surface area contributed by atoms with Crippen LogP contribution in [0.2, 0.25) is 0 Å². The number of carbonyl (C=O) groups is 4. The van der Waals surface area contributed by atoms with Gasteiger partial charge in [0.2, 0.25) is 0 Å². The van der Waals surface area contributed by atoms with Crippen LogP contribution in [0, 0.1) is 0 Å². The zero-order valence-electron chi connectivity index (χ0n) is 32.7. The number of benzene rings is 8. The summed E-state index contributed by atoms with van der Waals surface area (Å²) in [6, 6.07) is 24.1. The Kier molecular flexibility index (Phi) is 8.07. The molecule has 2 heterocycles. The first-order chi connectivity index (χ1) is 27.2. The van der Waals surface area contributed by atoms with Crippen molar-refractivity contribution in [2.45, 2.75) is 104 Å². The molecule has 280 valence electrons. The van der Waals surface area contributed by atoms with Gasteiger partial charge in [-0.15, -0.1) is 0 Å². The molecule has 0 bridgehead atoms. The molecule has 6 heteroatoms. The Morgan fingerprint density at radius 3 is 1.00 bits per heavy atom. The molecule has 0 spiro atoms. The van der Waals surface area contributed by atoms with Gasteiger partial charge in [-0.05, 0) is 116 Å². The van der Waals surface area contributed by atoms with Crippen molar-refractivity contribution in [2.24, 2.45) is 0 Å². The summed E-state index contributed by atoms with van der Waals surface area (Å²) in [6.07, 6.45) is 11.9. The third kappa shape index (κ3) is 4.74. The van der Waals surface area contributed by atoms with Gasteiger partial charge in [0.25, 0.3) is 23.6 Å². The number of fused-ring (bicyclic) bond motifs is 4. The first-order valence-electron chi connectivity index (χ1n) is 20.8. The topological polar surface area (TPSA) is 74.8 Å². The lowest BCUT2D eigenvalue weighted by atomic mass is 9.80. The average Bonchev–Trinajstić information content (AvgIpc) is 3.20. The SMILES string of the molecule is CCCCCCCCCCCC(C)N1C(=O)c2ccc3c4ccc5c6ccc7c8c(ccc(c9ccc(c%10ccc(c2c3%10)C1=O)c4c59)c86)C(=O)N(C(C)C)C7=O. The summed E-state index contributed by atoms with van der Waals surface area (Å²) in [4.78, 5) is 58.8. The quantitative estimate of drug-likeness (QED) is 0.0541. The second-order valence-corrected chi connectivity index (χ2v) is 16.7. The Morgan fingerprint density at radius 1 is 0.375 bits per heavy atom. The van der Waals surface area contributed by atoms with Gasteiger partial charge < -0.3 is 0 Å². The van der Waals surface area contributed by atoms with Crippen molar-refractivity contribution < 1.29 is 19.2 Å². The van der Waals surface area contributed by atoms with Crippen LogP contribution in [0.3, 0.4) is 0 Å². The van der Waals surface area contributed by atoms with E-state index in [2.05, 4.69) is 43.3 Å². The molecule has 1 atom stereocenters. The lowest BCUT2D eigenvalue weighted by Crippen LogP contribution is -2.45. The van der Waals surface area contributed by atoms with Crippen LogP contribution >= 0.6 is 0 Å². The van der Waals surface area contributed by atoms with Crippen molar-refractivity contribution in [1.29, 1.82) is 0 Å². The van der Waals surface area contributed by atoms with Crippen molar-refractivity contribution in [3.63, 3.8) is 0 Å². The Labute approximate surface area is 326 Å². The normalized spacial score (nSPS) is 15.3. The molecule has 0 aromatic heterocycles. The fourth-order valence-corrected chi connectivity index (χ4v) is 10.4. The summed E-state index contributed by atoms with van der Waals surface area (Å²) >= 11 is 0. The zero-order chi connectivity index (χ0) is 38.6. The number of amides is 4. The molecule has 0 saturated carbocycles. The molecular formula is C50H46N2O4. The molecule has 0 aliphatic carbocycles. The van der Waals surface area contributed by atoms with Crippen LogP contribution in [0.1, 0.15) is 133 Å². The van der Waals surface area contributed by atoms with Gasteiger partial charge in [0, 0.05) is 45.1 Å². The molecule has 0 fully saturated rings. The fourth-order valence-electron chi connectivity index (χ4n) is 10.4. The molecule has 2 aliphatic heterocycles. The Balaban J connectivity index is 1.07. The van der Waals surface area contributed by atoms with Crippen LogP contribution in [0.4, 0.5) is 0 Å². The third-order valence-corrected chi connectivity index (χ3v) is 13.1. The molecule has 2 aliphatic rings. The number of hydrogen-bond donors (Lipinski definition) is 0. The fraction of sp³-hybridized carbons (Fsp3) is 0.320. The van der Waals surface area contributed by atoms with Crippen LogP contribution in [0.25, 0.3) is 75.4 Å². The monoisotopic (exact) mass is 738 g/mol. The van der Waals surface area contributed by atoms with E-state index in [4.69, 9.17) is 0 Å². The molecule has 8 aromatic carbocycles. The minimum Gasteiger partial charge on any atom is -0.272 e. The van der Waals surface area contributed by atoms with Crippen LogP contribution in [-0.2, 0) is 0 Å². The van der Waals surface area contributed by atoms with Gasteiger partial charge in [-0.1, -0.05) is 113 Å². The molecule has 56 heavy (non-hydrogen) atoms. The molecule has 0 N–H and O–H groups in total. The van der Waals surface area contributed by atoms with Crippen LogP contribution in [-0.4, -0.2) is 45.5 Å². The van der Waals surface area contributed by atoms with E-state index in [1.807, 2.05) is 57.2 Å². The maximum Gasteiger partial charge on any atom is 0.261 e. The first kappa shape index (κ1) is 34.8. The lowest BCUT2D eigenvalue weighted by molar-refractivity contribution is 0.0534. The third-order valence-electron chi connectivity index (χ3n) is 13.1. The number of rotatable bonds is 12. The predicted molar refractivity (Wildman–Crippen MR) is 229 cm³/mol. The van der Waals surface area contributed by atoms with Crippen molar-refractivity contribution in [1.82, 2.24) is 9.80 Å². The van der Waals surface area contributed by atoms with Gasteiger partial charge in [-0.2, -0.15) is 0 Å². The second kappa shape index (κ2) is 13.0. The molecule has 6 nitrogen and oxygen atoms in total. The smallest absolute Gasteiger partial charge is 0.261 e. The highest BCUT2D eigenvalue weighted by molar-refractivity contribution is 6.45. The van der Waals surface area contributed by atoms with E-state index in [1.54, 1.807) is 0 Å². The largest absolute Gasteiger partial charge is 0.272 e. The molecular weight excluding hydrogens is 693 g/mol. The van der Waals surface area contributed by atoms with E-state index >= 15 is 0 Å². The molecule has 0 saturated heterocycles. The van der Waals surface area contributed by atoms with E-state index in [-0.39, 0.29) is 35.7 Å². The highest BCUT2D eigenvalue weighted by Crippen LogP contribution is 2.50. The van der Waals surface area contributed by atoms with Gasteiger partial charge in [0.15, 0.2) is 0 Å². The maximum atomic E-state index is 14.2. The van der Waals surface area contributed by atoms with E-state index in [0.717, 1.165) is 94.7 Å². The molecule has 8 aromatic rings. The average molecular weight is 739 g/mol. The van der Waals surface area contributed by atoms with Gasteiger partial charge in [0.1, 0.15) is 0 Å². The van der Waals surface area contributed by atoms with Crippen molar-refractivity contribution in [2.75, 3.05) is 0 Å². The van der Waals surface area contributed by atoms with Crippen LogP contribution in [0.5, 0.6) is 0 Å². The van der Waals surface area contributed by atoms with E-state index in [0.29, 0.717) is 22.3 Å². The maximum absolute atomic E-state index is 14.2. The lowest BCUT2D eigenvalue weighted by Gasteiger charge is -2.33. The summed E-state index contributed by atoms with van der Waals surface area (Å²) in [6.45, 7) is 8.01. The molecule has 0 radical (unpaired) electrons. The minimum atomic E-state index is -0.248. The zero-order valence-corrected chi connectivity index (χ0v) is 32.7. The van der Waals surface area contributed by atoms with Gasteiger partial charge in [-0.3, -0.25) is 29.0 Å². The highest BCUT2D eigenvalue weighted by Gasteiger charge is 2.38. The van der Waals surface area contributed by atoms with E-state index in [1.165, 1.54) is 54.7 Å². The van der Waals surface area contributed by atoms with Crippen LogP contribution < -0.4 is 0 Å². The number of unbranched alkanes of at least 4 members (excludes halogenated alkanes) is 8. The van der Waals surface area contributed by atoms with Gasteiger partial charge >= 0.3 is 0 Å². The second-order valence-electron chi connectivity index (χ2n) is 16.7. The number of nitrogens with zero attached hydrogens (tertiary/aromatic N) is 2. The Bertz CT molecular complexity index is 2810. The predicted octanol–water partition coefficient (Wildman–Crippen LogP) is 12.5. The van der Waals surface area contributed by atoms with Crippen molar-refractivity contribution in [3.8, 4) is 0 Å². The highest BCUT2D eigenvalue weighted by atomic mass is 16.2. The summed E-state index contributed by atoms with van der Waals surface area (Å²) in [5.41, 5.74) is 2.33. The van der Waals surface area contributed by atoms with Crippen LogP contribution in [0.15, 0.2) is 72.8 Å². The summed E-state index contributed by atoms with van der Waals surface area (Å²) in [7, 11) is 0. The standard InChI is InChI=1S/C50H46N2O4/c1-5-6-7-8-9-10-11-12-13-14-28(4)52-49(55)39-25-21-35-31-17-15-29-33-19-23-37-45-38(48(54)51(27(2)3)47(37)53)24-20-34(43(33)45)30-16-18-32(42(31)41(29)30)36-22-26-40(50(52)56)46(39)44(35)36/h15-28H,5-14H2,1-4H3.